The standard InChI is InChI=1S/C17H21F3N2O/c1-12(11-23)10-21-14-5-3-7-16(9-14)22-15-6-2-4-13(8-15)17(18,19)20/h2,4,6,8,11,14,16,21-22H,1,3,5,7,9-10H2. The Bertz CT molecular complexity index is 557. The molecular formula is C17H21F3N2O. The van der Waals surface area contributed by atoms with Crippen LogP contribution in [0.2, 0.25) is 0 Å². The summed E-state index contributed by atoms with van der Waals surface area (Å²) in [6, 6.07) is 5.64. The zero-order valence-corrected chi connectivity index (χ0v) is 12.8. The van der Waals surface area contributed by atoms with Gasteiger partial charge >= 0.3 is 6.18 Å². The highest BCUT2D eigenvalue weighted by molar-refractivity contribution is 5.72. The Hall–Kier alpha value is -1.82. The lowest BCUT2D eigenvalue weighted by atomic mass is 9.90. The van der Waals surface area contributed by atoms with Crippen LogP contribution in [-0.2, 0) is 11.0 Å². The molecule has 1 aromatic carbocycles. The number of aldehydes is 1. The molecule has 126 valence electrons. The molecule has 0 spiro atoms. The minimum Gasteiger partial charge on any atom is -0.382 e. The van der Waals surface area contributed by atoms with Gasteiger partial charge in [-0.25, -0.2) is 0 Å². The number of carbonyl (C=O) groups is 1. The van der Waals surface area contributed by atoms with Gasteiger partial charge in [0.2, 0.25) is 0 Å². The molecule has 0 saturated heterocycles. The summed E-state index contributed by atoms with van der Waals surface area (Å²) in [7, 11) is 0. The molecule has 0 bridgehead atoms. The van der Waals surface area contributed by atoms with Crippen molar-refractivity contribution in [2.75, 3.05) is 11.9 Å². The van der Waals surface area contributed by atoms with Crippen LogP contribution in [0.15, 0.2) is 36.4 Å². The van der Waals surface area contributed by atoms with Gasteiger partial charge < -0.3 is 10.6 Å². The van der Waals surface area contributed by atoms with Crippen molar-refractivity contribution in [3.05, 3.63) is 42.0 Å². The van der Waals surface area contributed by atoms with Crippen molar-refractivity contribution in [1.29, 1.82) is 0 Å². The molecule has 1 saturated carbocycles. The number of halogens is 3. The molecule has 1 aromatic rings. The van der Waals surface area contributed by atoms with E-state index in [0.717, 1.165) is 44.1 Å². The van der Waals surface area contributed by atoms with Gasteiger partial charge in [0.05, 0.1) is 5.56 Å². The topological polar surface area (TPSA) is 41.1 Å². The summed E-state index contributed by atoms with van der Waals surface area (Å²) in [5, 5.41) is 6.47. The van der Waals surface area contributed by atoms with Crippen LogP contribution in [0.1, 0.15) is 31.2 Å². The van der Waals surface area contributed by atoms with E-state index >= 15 is 0 Å². The van der Waals surface area contributed by atoms with Crippen molar-refractivity contribution in [1.82, 2.24) is 5.32 Å². The van der Waals surface area contributed by atoms with E-state index in [4.69, 9.17) is 0 Å². The molecular weight excluding hydrogens is 305 g/mol. The first-order chi connectivity index (χ1) is 10.9. The van der Waals surface area contributed by atoms with E-state index in [9.17, 15) is 18.0 Å². The van der Waals surface area contributed by atoms with Crippen LogP contribution in [0.25, 0.3) is 0 Å². The average Bonchev–Trinajstić information content (AvgIpc) is 2.52. The number of anilines is 1. The molecule has 3 nitrogen and oxygen atoms in total. The van der Waals surface area contributed by atoms with Crippen molar-refractivity contribution in [2.45, 2.75) is 43.9 Å². The maximum absolute atomic E-state index is 12.7. The predicted molar refractivity (Wildman–Crippen MR) is 84.3 cm³/mol. The molecule has 0 heterocycles. The van der Waals surface area contributed by atoms with Gasteiger partial charge in [-0.1, -0.05) is 12.6 Å². The van der Waals surface area contributed by atoms with Gasteiger partial charge in [-0.05, 0) is 49.5 Å². The van der Waals surface area contributed by atoms with Crippen LogP contribution < -0.4 is 10.6 Å². The molecule has 1 aliphatic rings. The Labute approximate surface area is 134 Å². The monoisotopic (exact) mass is 326 g/mol. The second-order valence-electron chi connectivity index (χ2n) is 5.94. The molecule has 2 N–H and O–H groups in total. The number of alkyl halides is 3. The second kappa shape index (κ2) is 7.64. The lowest BCUT2D eigenvalue weighted by Crippen LogP contribution is -2.39. The maximum atomic E-state index is 12.7. The number of rotatable bonds is 6. The van der Waals surface area contributed by atoms with Gasteiger partial charge in [-0.2, -0.15) is 13.2 Å². The van der Waals surface area contributed by atoms with Gasteiger partial charge in [0.1, 0.15) is 6.29 Å². The highest BCUT2D eigenvalue weighted by Crippen LogP contribution is 2.31. The van der Waals surface area contributed by atoms with Crippen molar-refractivity contribution in [3.8, 4) is 0 Å². The molecule has 2 rings (SSSR count). The van der Waals surface area contributed by atoms with Gasteiger partial charge in [-0.15, -0.1) is 0 Å². The predicted octanol–water partition coefficient (Wildman–Crippen LogP) is 3.77. The quantitative estimate of drug-likeness (QED) is 0.617. The van der Waals surface area contributed by atoms with E-state index in [1.165, 1.54) is 6.07 Å². The summed E-state index contributed by atoms with van der Waals surface area (Å²) in [6.45, 7) is 4.07. The number of carbonyl (C=O) groups excluding carboxylic acids is 1. The summed E-state index contributed by atoms with van der Waals surface area (Å²) in [5.74, 6) is 0. The van der Waals surface area contributed by atoms with Gasteiger partial charge in [0.15, 0.2) is 0 Å². The van der Waals surface area contributed by atoms with Crippen LogP contribution >= 0.6 is 0 Å². The Morgan fingerprint density at radius 1 is 1.30 bits per heavy atom. The summed E-state index contributed by atoms with van der Waals surface area (Å²) in [5.41, 5.74) is 0.344. The van der Waals surface area contributed by atoms with Crippen molar-refractivity contribution < 1.29 is 18.0 Å². The average molecular weight is 326 g/mol. The summed E-state index contributed by atoms with van der Waals surface area (Å²) < 4.78 is 38.2. The zero-order valence-electron chi connectivity index (χ0n) is 12.8. The van der Waals surface area contributed by atoms with Crippen LogP contribution in [0.5, 0.6) is 0 Å². The zero-order chi connectivity index (χ0) is 16.9. The lowest BCUT2D eigenvalue weighted by Gasteiger charge is -2.31. The SMILES string of the molecule is C=C(C=O)CNC1CCCC(Nc2cccc(C(F)(F)F)c2)C1. The molecule has 2 unspecified atom stereocenters. The Kier molecular flexibility index (Phi) is 5.82. The largest absolute Gasteiger partial charge is 0.416 e. The molecule has 23 heavy (non-hydrogen) atoms. The van der Waals surface area contributed by atoms with Crippen LogP contribution in [0, 0.1) is 0 Å². The first-order valence-electron chi connectivity index (χ1n) is 7.68. The molecule has 0 aliphatic heterocycles. The summed E-state index contributed by atoms with van der Waals surface area (Å²) >= 11 is 0. The van der Waals surface area contributed by atoms with Crippen LogP contribution in [0.3, 0.4) is 0 Å². The minimum atomic E-state index is -4.33. The normalized spacial score (nSPS) is 21.7. The van der Waals surface area contributed by atoms with E-state index in [-0.39, 0.29) is 12.1 Å². The molecule has 1 aliphatic carbocycles. The fourth-order valence-corrected chi connectivity index (χ4v) is 2.84. The Morgan fingerprint density at radius 2 is 2.04 bits per heavy atom. The van der Waals surface area contributed by atoms with E-state index < -0.39 is 11.7 Å². The van der Waals surface area contributed by atoms with Crippen LogP contribution in [-0.4, -0.2) is 24.9 Å². The van der Waals surface area contributed by atoms with E-state index in [2.05, 4.69) is 17.2 Å². The van der Waals surface area contributed by atoms with Gasteiger partial charge in [0, 0.05) is 24.3 Å². The van der Waals surface area contributed by atoms with E-state index in [1.807, 2.05) is 0 Å². The van der Waals surface area contributed by atoms with Gasteiger partial charge in [-0.3, -0.25) is 4.79 Å². The second-order valence-corrected chi connectivity index (χ2v) is 5.94. The van der Waals surface area contributed by atoms with Crippen molar-refractivity contribution in [2.24, 2.45) is 0 Å². The first-order valence-corrected chi connectivity index (χ1v) is 7.68. The molecule has 0 amide bonds. The minimum absolute atomic E-state index is 0.120. The van der Waals surface area contributed by atoms with Crippen LogP contribution in [0.4, 0.5) is 18.9 Å². The highest BCUT2D eigenvalue weighted by atomic mass is 19.4. The first kappa shape index (κ1) is 17.5. The van der Waals surface area contributed by atoms with E-state index in [0.29, 0.717) is 17.8 Å². The highest BCUT2D eigenvalue weighted by Gasteiger charge is 2.30. The molecule has 6 heteroatoms. The third kappa shape index (κ3) is 5.39. The lowest BCUT2D eigenvalue weighted by molar-refractivity contribution is -0.137. The maximum Gasteiger partial charge on any atom is 0.416 e. The number of nitrogens with one attached hydrogen (secondary N) is 2. The van der Waals surface area contributed by atoms with Crippen molar-refractivity contribution in [3.63, 3.8) is 0 Å². The molecule has 1 fully saturated rings. The third-order valence-corrected chi connectivity index (χ3v) is 4.02. The van der Waals surface area contributed by atoms with Crippen molar-refractivity contribution >= 4 is 12.0 Å². The molecule has 0 aromatic heterocycles. The Morgan fingerprint density at radius 3 is 2.74 bits per heavy atom. The molecule has 0 radical (unpaired) electrons. The van der Waals surface area contributed by atoms with Gasteiger partial charge in [0.25, 0.3) is 0 Å². The number of hydrogen-bond acceptors (Lipinski definition) is 3. The Balaban J connectivity index is 1.92. The number of benzene rings is 1. The molecule has 2 atom stereocenters. The smallest absolute Gasteiger partial charge is 0.382 e. The van der Waals surface area contributed by atoms with E-state index in [1.54, 1.807) is 6.07 Å². The fourth-order valence-electron chi connectivity index (χ4n) is 2.84. The summed E-state index contributed by atoms with van der Waals surface area (Å²) in [4.78, 5) is 10.6. The third-order valence-electron chi connectivity index (χ3n) is 4.02. The fraction of sp³-hybridized carbons (Fsp3) is 0.471. The summed E-state index contributed by atoms with van der Waals surface area (Å²) in [6.07, 6.45) is 0.109. The number of hydrogen-bond donors (Lipinski definition) is 2.